The molecular weight excluding hydrogens is 325 g/mol. The van der Waals surface area contributed by atoms with Crippen molar-refractivity contribution in [3.05, 3.63) is 29.6 Å². The van der Waals surface area contributed by atoms with Gasteiger partial charge in [0.25, 0.3) is 0 Å². The number of aromatic nitrogens is 2. The third-order valence-corrected chi connectivity index (χ3v) is 3.72. The predicted molar refractivity (Wildman–Crippen MR) is 69.3 cm³/mol. The molecule has 0 atom stereocenters. The van der Waals surface area contributed by atoms with Gasteiger partial charge in [-0.15, -0.1) is 0 Å². The van der Waals surface area contributed by atoms with Crippen LogP contribution in [0.5, 0.6) is 0 Å². The van der Waals surface area contributed by atoms with Gasteiger partial charge in [-0.25, -0.2) is 18.2 Å². The van der Waals surface area contributed by atoms with E-state index in [9.17, 15) is 26.4 Å². The molecule has 2 heterocycles. The van der Waals surface area contributed by atoms with Gasteiger partial charge in [-0.1, -0.05) is 0 Å². The standard InChI is InChI=1S/C12H11F3N2O4S/c1-3-21-11(18)9-10(22(2,19)20)16-8-5-4-7(6-17(8)9)12(13,14)15/h4-6H,3H2,1-2H3. The lowest BCUT2D eigenvalue weighted by Gasteiger charge is -2.08. The number of halogens is 3. The van der Waals surface area contributed by atoms with E-state index in [4.69, 9.17) is 4.74 Å². The Bertz CT molecular complexity index is 840. The first-order chi connectivity index (χ1) is 10.1. The van der Waals surface area contributed by atoms with Crippen LogP contribution in [-0.4, -0.2) is 36.6 Å². The number of rotatable bonds is 3. The Labute approximate surface area is 123 Å². The summed E-state index contributed by atoms with van der Waals surface area (Å²) >= 11 is 0. The smallest absolute Gasteiger partial charge is 0.417 e. The third-order valence-electron chi connectivity index (χ3n) is 2.73. The van der Waals surface area contributed by atoms with E-state index in [2.05, 4.69) is 4.98 Å². The van der Waals surface area contributed by atoms with Crippen molar-refractivity contribution in [3.63, 3.8) is 0 Å². The van der Waals surface area contributed by atoms with Crippen LogP contribution >= 0.6 is 0 Å². The molecule has 0 unspecified atom stereocenters. The maximum Gasteiger partial charge on any atom is 0.417 e. The van der Waals surface area contributed by atoms with Gasteiger partial charge in [-0.3, -0.25) is 4.40 Å². The summed E-state index contributed by atoms with van der Waals surface area (Å²) in [5, 5.41) is -0.620. The summed E-state index contributed by atoms with van der Waals surface area (Å²) < 4.78 is 67.2. The highest BCUT2D eigenvalue weighted by Crippen LogP contribution is 2.30. The molecule has 0 N–H and O–H groups in total. The molecule has 2 rings (SSSR count). The van der Waals surface area contributed by atoms with Gasteiger partial charge >= 0.3 is 12.1 Å². The molecule has 0 aromatic carbocycles. The topological polar surface area (TPSA) is 77.7 Å². The van der Waals surface area contributed by atoms with Crippen LogP contribution in [0.15, 0.2) is 23.4 Å². The van der Waals surface area contributed by atoms with Gasteiger partial charge in [0, 0.05) is 12.5 Å². The molecule has 6 nitrogen and oxygen atoms in total. The number of carbonyl (C=O) groups is 1. The van der Waals surface area contributed by atoms with Crippen LogP contribution in [0.4, 0.5) is 13.2 Å². The van der Waals surface area contributed by atoms with Crippen molar-refractivity contribution in [2.45, 2.75) is 18.1 Å². The molecule has 0 amide bonds. The summed E-state index contributed by atoms with van der Waals surface area (Å²) in [6.45, 7) is 1.43. The molecule has 0 fully saturated rings. The molecule has 0 aliphatic rings. The zero-order chi connectivity index (χ0) is 16.7. The molecular formula is C12H11F3N2O4S. The monoisotopic (exact) mass is 336 g/mol. The number of alkyl halides is 3. The summed E-state index contributed by atoms with van der Waals surface area (Å²) in [5.74, 6) is -1.06. The van der Waals surface area contributed by atoms with Gasteiger partial charge in [-0.2, -0.15) is 13.2 Å². The normalized spacial score (nSPS) is 12.6. The minimum atomic E-state index is -4.64. The highest BCUT2D eigenvalue weighted by molar-refractivity contribution is 7.90. The molecule has 120 valence electrons. The van der Waals surface area contributed by atoms with Gasteiger partial charge in [0.15, 0.2) is 20.6 Å². The summed E-state index contributed by atoms with van der Waals surface area (Å²) in [4.78, 5) is 15.6. The quantitative estimate of drug-likeness (QED) is 0.801. The Morgan fingerprint density at radius 3 is 2.50 bits per heavy atom. The predicted octanol–water partition coefficient (Wildman–Crippen LogP) is 1.93. The fraction of sp³-hybridized carbons (Fsp3) is 0.333. The van der Waals surface area contributed by atoms with Crippen molar-refractivity contribution in [1.29, 1.82) is 0 Å². The molecule has 2 aromatic rings. The molecule has 0 bridgehead atoms. The largest absolute Gasteiger partial charge is 0.461 e. The molecule has 0 aliphatic heterocycles. The van der Waals surface area contributed by atoms with Crippen LogP contribution in [-0.2, 0) is 20.8 Å². The number of hydrogen-bond acceptors (Lipinski definition) is 5. The van der Waals surface area contributed by atoms with Crippen molar-refractivity contribution in [3.8, 4) is 0 Å². The number of ether oxygens (including phenoxy) is 1. The Hall–Kier alpha value is -2.10. The van der Waals surface area contributed by atoms with Crippen LogP contribution in [0.2, 0.25) is 0 Å². The number of fused-ring (bicyclic) bond motifs is 1. The van der Waals surface area contributed by atoms with E-state index in [-0.39, 0.29) is 12.3 Å². The second-order valence-electron chi connectivity index (χ2n) is 4.40. The Balaban J connectivity index is 2.82. The van der Waals surface area contributed by atoms with Crippen molar-refractivity contribution in [1.82, 2.24) is 9.38 Å². The van der Waals surface area contributed by atoms with Crippen molar-refractivity contribution < 1.29 is 31.1 Å². The first kappa shape index (κ1) is 16.3. The van der Waals surface area contributed by atoms with Crippen molar-refractivity contribution in [2.24, 2.45) is 0 Å². The molecule has 2 aromatic heterocycles. The maximum atomic E-state index is 12.8. The van der Waals surface area contributed by atoms with E-state index in [1.807, 2.05) is 0 Å². The number of esters is 1. The van der Waals surface area contributed by atoms with Gasteiger partial charge in [0.2, 0.25) is 0 Å². The van der Waals surface area contributed by atoms with Gasteiger partial charge in [0.1, 0.15) is 5.65 Å². The maximum absolute atomic E-state index is 12.8. The highest BCUT2D eigenvalue weighted by Gasteiger charge is 2.33. The molecule has 0 saturated heterocycles. The number of pyridine rings is 1. The fourth-order valence-corrected chi connectivity index (χ4v) is 2.63. The van der Waals surface area contributed by atoms with Crippen LogP contribution in [0.1, 0.15) is 23.0 Å². The van der Waals surface area contributed by atoms with Crippen LogP contribution in [0.25, 0.3) is 5.65 Å². The summed E-state index contributed by atoms with van der Waals surface area (Å²) in [6, 6.07) is 1.74. The van der Waals surface area contributed by atoms with Gasteiger partial charge in [0.05, 0.1) is 12.2 Å². The van der Waals surface area contributed by atoms with Crippen molar-refractivity contribution in [2.75, 3.05) is 12.9 Å². The lowest BCUT2D eigenvalue weighted by molar-refractivity contribution is -0.137. The van der Waals surface area contributed by atoms with E-state index in [0.29, 0.717) is 6.20 Å². The number of carbonyl (C=O) groups excluding carboxylic acids is 1. The van der Waals surface area contributed by atoms with Crippen LogP contribution < -0.4 is 0 Å². The Morgan fingerprint density at radius 2 is 2.00 bits per heavy atom. The first-order valence-corrected chi connectivity index (χ1v) is 7.91. The fourth-order valence-electron chi connectivity index (χ4n) is 1.83. The van der Waals surface area contributed by atoms with Crippen LogP contribution in [0.3, 0.4) is 0 Å². The van der Waals surface area contributed by atoms with Crippen molar-refractivity contribution >= 4 is 21.5 Å². The lowest BCUT2D eigenvalue weighted by atomic mass is 10.3. The van der Waals surface area contributed by atoms with Gasteiger partial charge < -0.3 is 4.74 Å². The molecule has 0 saturated carbocycles. The van der Waals surface area contributed by atoms with E-state index in [1.165, 1.54) is 6.92 Å². The molecule has 0 aliphatic carbocycles. The average molecular weight is 336 g/mol. The molecule has 22 heavy (non-hydrogen) atoms. The second-order valence-corrected chi connectivity index (χ2v) is 6.33. The van der Waals surface area contributed by atoms with Crippen LogP contribution in [0, 0.1) is 0 Å². The molecule has 0 spiro atoms. The summed E-state index contributed by atoms with van der Waals surface area (Å²) in [7, 11) is -3.92. The minimum absolute atomic E-state index is 0.0613. The number of imidazole rings is 1. The van der Waals surface area contributed by atoms with E-state index >= 15 is 0 Å². The number of nitrogens with zero attached hydrogens (tertiary/aromatic N) is 2. The molecule has 10 heteroatoms. The van der Waals surface area contributed by atoms with E-state index in [1.54, 1.807) is 0 Å². The zero-order valence-corrected chi connectivity index (χ0v) is 12.3. The first-order valence-electron chi connectivity index (χ1n) is 6.02. The van der Waals surface area contributed by atoms with E-state index < -0.39 is 38.3 Å². The average Bonchev–Trinajstić information content (AvgIpc) is 2.76. The Morgan fingerprint density at radius 1 is 1.36 bits per heavy atom. The van der Waals surface area contributed by atoms with E-state index in [0.717, 1.165) is 22.8 Å². The number of sulfone groups is 1. The molecule has 0 radical (unpaired) electrons. The minimum Gasteiger partial charge on any atom is -0.461 e. The Kier molecular flexibility index (Phi) is 3.90. The highest BCUT2D eigenvalue weighted by atomic mass is 32.2. The SMILES string of the molecule is CCOC(=O)c1c(S(C)(=O)=O)nc2ccc(C(F)(F)F)cn12. The number of hydrogen-bond donors (Lipinski definition) is 0. The summed E-state index contributed by atoms with van der Waals surface area (Å²) in [5.41, 5.74) is -1.69. The third kappa shape index (κ3) is 2.91. The lowest BCUT2D eigenvalue weighted by Crippen LogP contribution is -2.14. The van der Waals surface area contributed by atoms with Gasteiger partial charge in [-0.05, 0) is 19.1 Å². The zero-order valence-electron chi connectivity index (χ0n) is 11.5. The summed E-state index contributed by atoms with van der Waals surface area (Å²) in [6.07, 6.45) is -3.22. The second kappa shape index (κ2) is 5.27.